The molecule has 0 aliphatic rings. The van der Waals surface area contributed by atoms with Crippen LogP contribution in [-0.4, -0.2) is 0 Å². The third-order valence-electron chi connectivity index (χ3n) is 0.989. The Balaban J connectivity index is 2.98. The van der Waals surface area contributed by atoms with E-state index in [1.807, 2.05) is 12.2 Å². The summed E-state index contributed by atoms with van der Waals surface area (Å²) in [5, 5.41) is 0. The molecule has 0 spiro atoms. The number of allylic oxidation sites excluding steroid dienone is 4. The van der Waals surface area contributed by atoms with E-state index < -0.39 is 0 Å². The Morgan fingerprint density at radius 3 is 2.44 bits per heavy atom. The molecule has 0 heterocycles. The van der Waals surface area contributed by atoms with E-state index in [9.17, 15) is 0 Å². The van der Waals surface area contributed by atoms with Crippen LogP contribution in [0, 0.1) is 13.2 Å². The Morgan fingerprint density at radius 2 is 1.89 bits per heavy atom. The second kappa shape index (κ2) is 7.22. The predicted molar refractivity (Wildman–Crippen MR) is 40.7 cm³/mol. The molecule has 0 aliphatic heterocycles. The molecule has 0 heteroatoms. The molecule has 48 valence electrons. The van der Waals surface area contributed by atoms with E-state index in [2.05, 4.69) is 0 Å². The first-order valence-corrected chi connectivity index (χ1v) is 3.15. The fourth-order valence-electron chi connectivity index (χ4n) is 0.528. The molecule has 0 fully saturated rings. The van der Waals surface area contributed by atoms with Crippen molar-refractivity contribution in [3.63, 3.8) is 0 Å². The third-order valence-corrected chi connectivity index (χ3v) is 0.989. The van der Waals surface area contributed by atoms with Crippen molar-refractivity contribution in [2.24, 2.45) is 0 Å². The van der Waals surface area contributed by atoms with E-state index in [-0.39, 0.29) is 0 Å². The molecule has 0 rings (SSSR count). The maximum Gasteiger partial charge on any atom is -0.0345 e. The highest BCUT2D eigenvalue weighted by Crippen LogP contribution is 1.95. The van der Waals surface area contributed by atoms with Gasteiger partial charge in [0, 0.05) is 0 Å². The second-order valence-corrected chi connectivity index (χ2v) is 1.79. The van der Waals surface area contributed by atoms with Gasteiger partial charge in [-0.05, 0) is 19.3 Å². The van der Waals surface area contributed by atoms with Gasteiger partial charge < -0.3 is 0 Å². The van der Waals surface area contributed by atoms with Crippen molar-refractivity contribution in [2.75, 3.05) is 0 Å². The molecule has 0 N–H and O–H groups in total. The van der Waals surface area contributed by atoms with Crippen LogP contribution in [0.5, 0.6) is 0 Å². The molecule has 0 atom stereocenters. The maximum absolute atomic E-state index is 5.16. The molecule has 0 bridgehead atoms. The molecule has 0 saturated carbocycles. The molecular formula is C9H12. The summed E-state index contributed by atoms with van der Waals surface area (Å²) in [6, 6.07) is 0. The van der Waals surface area contributed by atoms with Gasteiger partial charge in [-0.25, -0.2) is 0 Å². The van der Waals surface area contributed by atoms with Crippen LogP contribution in [-0.2, 0) is 0 Å². The third kappa shape index (κ3) is 7.22. The summed E-state index contributed by atoms with van der Waals surface area (Å²) in [6.07, 6.45) is 10.2. The zero-order valence-corrected chi connectivity index (χ0v) is 5.59. The molecule has 0 aromatic heterocycles. The number of rotatable bonds is 5. The standard InChI is InChI=1S/C9H12/c1-3-5-7-9-8-6-4-2/h1-5,7H,6,8-9H2. The first-order valence-electron chi connectivity index (χ1n) is 3.15. The lowest BCUT2D eigenvalue weighted by atomic mass is 10.2. The van der Waals surface area contributed by atoms with Gasteiger partial charge in [0.15, 0.2) is 0 Å². The fraction of sp³-hybridized carbons (Fsp3) is 0.333. The summed E-state index contributed by atoms with van der Waals surface area (Å²) in [5.41, 5.74) is 0. The summed E-state index contributed by atoms with van der Waals surface area (Å²) < 4.78 is 0. The highest BCUT2D eigenvalue weighted by atomic mass is 13.8. The van der Waals surface area contributed by atoms with Gasteiger partial charge in [0.1, 0.15) is 0 Å². The second-order valence-electron chi connectivity index (χ2n) is 1.79. The van der Waals surface area contributed by atoms with Crippen LogP contribution in [0.4, 0.5) is 0 Å². The average Bonchev–Trinajstić information content (AvgIpc) is 1.89. The zero-order valence-electron chi connectivity index (χ0n) is 5.59. The van der Waals surface area contributed by atoms with E-state index in [0.29, 0.717) is 0 Å². The van der Waals surface area contributed by atoms with Crippen molar-refractivity contribution < 1.29 is 0 Å². The molecule has 0 amide bonds. The van der Waals surface area contributed by atoms with Crippen molar-refractivity contribution >= 4 is 0 Å². The van der Waals surface area contributed by atoms with Crippen molar-refractivity contribution in [3.05, 3.63) is 37.5 Å². The van der Waals surface area contributed by atoms with E-state index in [1.54, 1.807) is 6.08 Å². The van der Waals surface area contributed by atoms with Crippen LogP contribution in [0.3, 0.4) is 0 Å². The average molecular weight is 120 g/mol. The Morgan fingerprint density at radius 1 is 1.11 bits per heavy atom. The van der Waals surface area contributed by atoms with Gasteiger partial charge in [-0.15, -0.1) is 0 Å². The molecule has 0 aromatic carbocycles. The lowest BCUT2D eigenvalue weighted by Gasteiger charge is -1.85. The normalized spacial score (nSPS) is 9.78. The topological polar surface area (TPSA) is 0 Å². The minimum Gasteiger partial charge on any atom is -0.0845 e. The van der Waals surface area contributed by atoms with Crippen LogP contribution in [0.1, 0.15) is 19.3 Å². The van der Waals surface area contributed by atoms with Gasteiger partial charge in [-0.3, -0.25) is 0 Å². The number of hydrogen-bond donors (Lipinski definition) is 0. The van der Waals surface area contributed by atoms with Crippen LogP contribution in [0.2, 0.25) is 0 Å². The Hall–Kier alpha value is -0.780. The Labute approximate surface area is 57.6 Å². The van der Waals surface area contributed by atoms with E-state index >= 15 is 0 Å². The smallest absolute Gasteiger partial charge is 0.0345 e. The van der Waals surface area contributed by atoms with Crippen molar-refractivity contribution in [2.45, 2.75) is 19.3 Å². The van der Waals surface area contributed by atoms with Crippen molar-refractivity contribution in [1.82, 2.24) is 0 Å². The quantitative estimate of drug-likeness (QED) is 0.386. The van der Waals surface area contributed by atoms with Gasteiger partial charge in [-0.1, -0.05) is 37.5 Å². The summed E-state index contributed by atoms with van der Waals surface area (Å²) in [5.74, 6) is 0. The van der Waals surface area contributed by atoms with E-state index in [0.717, 1.165) is 19.3 Å². The minimum absolute atomic E-state index is 0.981. The minimum atomic E-state index is 0.981. The largest absolute Gasteiger partial charge is 0.0845 e. The van der Waals surface area contributed by atoms with Crippen molar-refractivity contribution in [3.8, 4) is 0 Å². The molecule has 2 radical (unpaired) electrons. The Bertz CT molecular complexity index is 98.6. The first kappa shape index (κ1) is 8.22. The van der Waals surface area contributed by atoms with Crippen LogP contribution in [0.25, 0.3) is 0 Å². The van der Waals surface area contributed by atoms with Crippen molar-refractivity contribution in [1.29, 1.82) is 0 Å². The Kier molecular flexibility index (Phi) is 6.59. The van der Waals surface area contributed by atoms with Gasteiger partial charge in [-0.2, -0.15) is 0 Å². The van der Waals surface area contributed by atoms with Crippen LogP contribution in [0.15, 0.2) is 24.3 Å². The fourth-order valence-corrected chi connectivity index (χ4v) is 0.528. The predicted octanol–water partition coefficient (Wildman–Crippen LogP) is 2.69. The monoisotopic (exact) mass is 120 g/mol. The van der Waals surface area contributed by atoms with Gasteiger partial charge >= 0.3 is 0 Å². The van der Waals surface area contributed by atoms with E-state index in [1.165, 1.54) is 6.08 Å². The SMILES string of the molecule is [CH]=CC=CCCCC=[CH]. The van der Waals surface area contributed by atoms with E-state index in [4.69, 9.17) is 13.2 Å². The summed E-state index contributed by atoms with van der Waals surface area (Å²) in [4.78, 5) is 0. The first-order chi connectivity index (χ1) is 4.41. The maximum atomic E-state index is 5.16. The number of unbranched alkanes of at least 4 members (excludes halogenated alkanes) is 2. The van der Waals surface area contributed by atoms with Gasteiger partial charge in [0.05, 0.1) is 0 Å². The molecular weight excluding hydrogens is 108 g/mol. The lowest BCUT2D eigenvalue weighted by Crippen LogP contribution is -1.66. The highest BCUT2D eigenvalue weighted by Gasteiger charge is 1.76. The van der Waals surface area contributed by atoms with Gasteiger partial charge in [0.2, 0.25) is 0 Å². The zero-order chi connectivity index (χ0) is 6.95. The highest BCUT2D eigenvalue weighted by molar-refractivity contribution is 4.95. The van der Waals surface area contributed by atoms with Gasteiger partial charge in [0.25, 0.3) is 0 Å². The lowest BCUT2D eigenvalue weighted by molar-refractivity contribution is 0.869. The number of hydrogen-bond acceptors (Lipinski definition) is 0. The summed E-state index contributed by atoms with van der Waals surface area (Å²) in [6.45, 7) is 10.3. The van der Waals surface area contributed by atoms with Crippen LogP contribution >= 0.6 is 0 Å². The molecule has 0 nitrogen and oxygen atoms in total. The molecule has 9 heavy (non-hydrogen) atoms. The molecule has 0 aliphatic carbocycles. The molecule has 0 saturated heterocycles. The summed E-state index contributed by atoms with van der Waals surface area (Å²) in [7, 11) is 0. The molecule has 0 unspecified atom stereocenters. The summed E-state index contributed by atoms with van der Waals surface area (Å²) >= 11 is 0. The van der Waals surface area contributed by atoms with Crippen LogP contribution < -0.4 is 0 Å². The molecule has 0 aromatic rings.